The first-order valence-electron chi connectivity index (χ1n) is 5.18. The Balaban J connectivity index is 2.61. The molecule has 1 fully saturated rings. The highest BCUT2D eigenvalue weighted by atomic mass is 32.3. The van der Waals surface area contributed by atoms with Crippen LogP contribution in [0.3, 0.4) is 0 Å². The minimum Gasteiger partial charge on any atom is -0.324 e. The standard InChI is InChI=1S/C8H14N4O5S/c9-3-7-2-1-6(11-17-18(14,15)16)5-12(7)8(13)4-10/h6-7,11H,1-2,4-5,10H2,(H,14,15,16)/t6-,7+/m1/s1. The van der Waals surface area contributed by atoms with Crippen molar-refractivity contribution in [1.82, 2.24) is 10.4 Å². The Kier molecular flexibility index (Phi) is 5.00. The molecule has 18 heavy (non-hydrogen) atoms. The summed E-state index contributed by atoms with van der Waals surface area (Å²) in [6, 6.07) is 0.903. The van der Waals surface area contributed by atoms with E-state index in [0.717, 1.165) is 0 Å². The number of nitrogens with two attached hydrogens (primary N) is 1. The minimum absolute atomic E-state index is 0.0871. The van der Waals surface area contributed by atoms with Crippen LogP contribution in [-0.2, 0) is 19.5 Å². The Morgan fingerprint density at radius 1 is 1.61 bits per heavy atom. The lowest BCUT2D eigenvalue weighted by molar-refractivity contribution is -0.133. The number of rotatable bonds is 4. The van der Waals surface area contributed by atoms with Crippen LogP contribution < -0.4 is 11.2 Å². The smallest absolute Gasteiger partial charge is 0.324 e. The molecule has 1 saturated heterocycles. The first-order valence-corrected chi connectivity index (χ1v) is 6.54. The molecule has 0 saturated carbocycles. The van der Waals surface area contributed by atoms with Crippen molar-refractivity contribution in [3.05, 3.63) is 0 Å². The van der Waals surface area contributed by atoms with Gasteiger partial charge in [-0.05, 0) is 12.8 Å². The van der Waals surface area contributed by atoms with Gasteiger partial charge in [-0.3, -0.25) is 9.35 Å². The summed E-state index contributed by atoms with van der Waals surface area (Å²) in [6.07, 6.45) is 0.802. The molecule has 1 heterocycles. The number of nitrogens with one attached hydrogen (secondary N) is 1. The van der Waals surface area contributed by atoms with Gasteiger partial charge in [0.25, 0.3) is 0 Å². The highest BCUT2D eigenvalue weighted by Gasteiger charge is 2.31. The van der Waals surface area contributed by atoms with Crippen molar-refractivity contribution in [1.29, 1.82) is 5.26 Å². The Bertz CT molecular complexity index is 445. The molecule has 102 valence electrons. The van der Waals surface area contributed by atoms with Gasteiger partial charge in [0.1, 0.15) is 6.04 Å². The fraction of sp³-hybridized carbons (Fsp3) is 0.750. The average molecular weight is 278 g/mol. The summed E-state index contributed by atoms with van der Waals surface area (Å²) >= 11 is 0. The van der Waals surface area contributed by atoms with Gasteiger partial charge >= 0.3 is 10.4 Å². The van der Waals surface area contributed by atoms with Crippen LogP contribution >= 0.6 is 0 Å². The van der Waals surface area contributed by atoms with Crippen molar-refractivity contribution in [2.75, 3.05) is 13.1 Å². The fourth-order valence-corrected chi connectivity index (χ4v) is 1.98. The van der Waals surface area contributed by atoms with Crippen LogP contribution in [0.2, 0.25) is 0 Å². The molecule has 1 rings (SSSR count). The maximum atomic E-state index is 11.5. The lowest BCUT2D eigenvalue weighted by atomic mass is 9.99. The zero-order valence-electron chi connectivity index (χ0n) is 9.44. The molecule has 2 atom stereocenters. The van der Waals surface area contributed by atoms with Crippen molar-refractivity contribution < 1.29 is 22.0 Å². The number of likely N-dealkylation sites (tertiary alicyclic amines) is 1. The minimum atomic E-state index is -4.59. The van der Waals surface area contributed by atoms with Crippen molar-refractivity contribution >= 4 is 16.3 Å². The normalized spacial score (nSPS) is 24.6. The quantitative estimate of drug-likeness (QED) is 0.401. The third-order valence-electron chi connectivity index (χ3n) is 2.55. The number of carbonyl (C=O) groups excluding carboxylic acids is 1. The molecule has 4 N–H and O–H groups in total. The maximum absolute atomic E-state index is 11.5. The van der Waals surface area contributed by atoms with E-state index in [4.69, 9.17) is 15.5 Å². The van der Waals surface area contributed by atoms with Gasteiger partial charge in [-0.2, -0.15) is 23.4 Å². The van der Waals surface area contributed by atoms with Crippen LogP contribution in [0.5, 0.6) is 0 Å². The van der Waals surface area contributed by atoms with Gasteiger partial charge in [-0.15, -0.1) is 0 Å². The first kappa shape index (κ1) is 14.8. The van der Waals surface area contributed by atoms with E-state index in [1.165, 1.54) is 4.90 Å². The predicted octanol–water partition coefficient (Wildman–Crippen LogP) is -1.85. The SMILES string of the molecule is N#C[C@@H]1CC[C@@H](NOS(=O)(=O)O)CN1C(=O)CN. The van der Waals surface area contributed by atoms with E-state index in [2.05, 4.69) is 9.76 Å². The Hall–Kier alpha value is -1.25. The second-order valence-electron chi connectivity index (χ2n) is 3.80. The third kappa shape index (κ3) is 4.21. The Labute approximate surface area is 104 Å². The van der Waals surface area contributed by atoms with Crippen LogP contribution in [0.25, 0.3) is 0 Å². The summed E-state index contributed by atoms with van der Waals surface area (Å²) in [7, 11) is -4.59. The number of carbonyl (C=O) groups is 1. The highest BCUT2D eigenvalue weighted by Crippen LogP contribution is 2.17. The number of hydroxylamine groups is 1. The first-order chi connectivity index (χ1) is 8.37. The van der Waals surface area contributed by atoms with Gasteiger partial charge in [0.2, 0.25) is 5.91 Å². The lowest BCUT2D eigenvalue weighted by Gasteiger charge is -2.35. The number of amides is 1. The molecule has 0 bridgehead atoms. The molecule has 0 unspecified atom stereocenters. The largest absolute Gasteiger partial charge is 0.413 e. The van der Waals surface area contributed by atoms with Crippen molar-refractivity contribution in [2.45, 2.75) is 24.9 Å². The molecule has 10 heteroatoms. The average Bonchev–Trinajstić information content (AvgIpc) is 2.34. The van der Waals surface area contributed by atoms with E-state index in [1.807, 2.05) is 6.07 Å². The summed E-state index contributed by atoms with van der Waals surface area (Å²) in [4.78, 5) is 12.8. The summed E-state index contributed by atoms with van der Waals surface area (Å²) < 4.78 is 33.2. The molecule has 0 spiro atoms. The fourth-order valence-electron chi connectivity index (χ4n) is 1.72. The van der Waals surface area contributed by atoms with Crippen LogP contribution in [0, 0.1) is 11.3 Å². The molecule has 1 amide bonds. The highest BCUT2D eigenvalue weighted by molar-refractivity contribution is 7.80. The van der Waals surface area contributed by atoms with Gasteiger partial charge in [0.05, 0.1) is 18.7 Å². The number of nitrogens with zero attached hydrogens (tertiary/aromatic N) is 2. The molecule has 9 nitrogen and oxygen atoms in total. The zero-order valence-corrected chi connectivity index (χ0v) is 10.3. The summed E-state index contributed by atoms with van der Waals surface area (Å²) in [5.74, 6) is -0.403. The molecule has 0 radical (unpaired) electrons. The van der Waals surface area contributed by atoms with E-state index in [9.17, 15) is 13.2 Å². The van der Waals surface area contributed by atoms with Gasteiger partial charge in [-0.1, -0.05) is 0 Å². The number of hydrogen-bond acceptors (Lipinski definition) is 7. The van der Waals surface area contributed by atoms with Crippen LogP contribution in [0.1, 0.15) is 12.8 Å². The van der Waals surface area contributed by atoms with E-state index < -0.39 is 28.4 Å². The summed E-state index contributed by atoms with van der Waals surface area (Å²) in [6.45, 7) is -0.145. The predicted molar refractivity (Wildman–Crippen MR) is 59.0 cm³/mol. The van der Waals surface area contributed by atoms with Crippen molar-refractivity contribution in [3.63, 3.8) is 0 Å². The second kappa shape index (κ2) is 6.07. The molecular formula is C8H14N4O5S. The van der Waals surface area contributed by atoms with Gasteiger partial charge in [0, 0.05) is 6.54 Å². The molecule has 1 aliphatic heterocycles. The molecule has 0 aromatic carbocycles. The van der Waals surface area contributed by atoms with Crippen molar-refractivity contribution in [3.8, 4) is 6.07 Å². The van der Waals surface area contributed by atoms with Crippen LogP contribution in [0.15, 0.2) is 0 Å². The summed E-state index contributed by atoms with van der Waals surface area (Å²) in [5, 5.41) is 8.88. The van der Waals surface area contributed by atoms with Crippen molar-refractivity contribution in [2.24, 2.45) is 5.73 Å². The zero-order chi connectivity index (χ0) is 13.8. The molecule has 0 aromatic rings. The van der Waals surface area contributed by atoms with Gasteiger partial charge in [-0.25, -0.2) is 0 Å². The van der Waals surface area contributed by atoms with E-state index >= 15 is 0 Å². The number of piperidine rings is 1. The Morgan fingerprint density at radius 2 is 2.28 bits per heavy atom. The monoisotopic (exact) mass is 278 g/mol. The van der Waals surface area contributed by atoms with E-state index in [1.54, 1.807) is 0 Å². The number of hydrogen-bond donors (Lipinski definition) is 3. The van der Waals surface area contributed by atoms with E-state index in [0.29, 0.717) is 12.8 Å². The molecule has 1 aliphatic rings. The summed E-state index contributed by atoms with van der Waals surface area (Å²) in [5.41, 5.74) is 7.35. The van der Waals surface area contributed by atoms with Gasteiger partial charge in [0.15, 0.2) is 0 Å². The lowest BCUT2D eigenvalue weighted by Crippen LogP contribution is -2.54. The topological polar surface area (TPSA) is 146 Å². The molecular weight excluding hydrogens is 264 g/mol. The van der Waals surface area contributed by atoms with E-state index in [-0.39, 0.29) is 13.1 Å². The third-order valence-corrected chi connectivity index (χ3v) is 2.85. The Morgan fingerprint density at radius 3 is 2.78 bits per heavy atom. The second-order valence-corrected chi connectivity index (χ2v) is 4.82. The van der Waals surface area contributed by atoms with Crippen LogP contribution in [0.4, 0.5) is 0 Å². The molecule has 0 aliphatic carbocycles. The molecule has 0 aromatic heterocycles. The van der Waals surface area contributed by atoms with Crippen LogP contribution in [-0.4, -0.2) is 49.0 Å². The maximum Gasteiger partial charge on any atom is 0.413 e. The number of nitriles is 1. The van der Waals surface area contributed by atoms with Gasteiger partial charge < -0.3 is 10.6 Å².